The summed E-state index contributed by atoms with van der Waals surface area (Å²) in [5.41, 5.74) is 2.27. The first-order valence-electron chi connectivity index (χ1n) is 10.7. The van der Waals surface area contributed by atoms with E-state index in [0.717, 1.165) is 56.1 Å². The Morgan fingerprint density at radius 2 is 2.07 bits per heavy atom. The molecular weight excluding hydrogens is 336 g/mol. The normalized spacial score (nSPS) is 28.6. The summed E-state index contributed by atoms with van der Waals surface area (Å²) in [4.78, 5) is 17.4. The molecule has 1 aromatic rings. The Hall–Kier alpha value is -1.39. The van der Waals surface area contributed by atoms with Crippen LogP contribution in [0.15, 0.2) is 24.3 Å². The number of nitrogens with zero attached hydrogens (tertiary/aromatic N) is 2. The first kappa shape index (κ1) is 18.9. The average Bonchev–Trinajstić information content (AvgIpc) is 3.04. The quantitative estimate of drug-likeness (QED) is 0.813. The molecule has 1 aromatic carbocycles. The maximum absolute atomic E-state index is 12.8. The Kier molecular flexibility index (Phi) is 5.56. The minimum Gasteiger partial charge on any atom is -0.376 e. The summed E-state index contributed by atoms with van der Waals surface area (Å²) in [6.07, 6.45) is 6.42. The molecule has 0 N–H and O–H groups in total. The highest BCUT2D eigenvalue weighted by atomic mass is 16.5. The molecular formula is C23H34N2O2. The lowest BCUT2D eigenvalue weighted by molar-refractivity contribution is 0.0402. The third kappa shape index (κ3) is 4.38. The largest absolute Gasteiger partial charge is 0.376 e. The van der Waals surface area contributed by atoms with Gasteiger partial charge in [0, 0.05) is 31.7 Å². The fourth-order valence-electron chi connectivity index (χ4n) is 5.25. The molecule has 0 bridgehead atoms. The second-order valence-corrected chi connectivity index (χ2v) is 9.31. The molecule has 2 atom stereocenters. The fraction of sp³-hybridized carbons (Fsp3) is 0.696. The van der Waals surface area contributed by atoms with Gasteiger partial charge in [-0.2, -0.15) is 0 Å². The van der Waals surface area contributed by atoms with Gasteiger partial charge in [-0.3, -0.25) is 4.79 Å². The van der Waals surface area contributed by atoms with E-state index in [1.54, 1.807) is 0 Å². The predicted octanol–water partition coefficient (Wildman–Crippen LogP) is 3.74. The van der Waals surface area contributed by atoms with Crippen molar-refractivity contribution in [2.24, 2.45) is 11.3 Å². The zero-order valence-corrected chi connectivity index (χ0v) is 17.0. The van der Waals surface area contributed by atoms with Gasteiger partial charge in [-0.15, -0.1) is 0 Å². The third-order valence-corrected chi connectivity index (χ3v) is 6.87. The summed E-state index contributed by atoms with van der Waals surface area (Å²) < 4.78 is 6.24. The second-order valence-electron chi connectivity index (χ2n) is 9.31. The first-order chi connectivity index (χ1) is 13.0. The Bertz CT molecular complexity index is 666. The van der Waals surface area contributed by atoms with E-state index in [0.29, 0.717) is 11.5 Å². The van der Waals surface area contributed by atoms with Crippen LogP contribution in [0.3, 0.4) is 0 Å². The lowest BCUT2D eigenvalue weighted by Gasteiger charge is -2.38. The number of ether oxygens (including phenoxy) is 1. The Morgan fingerprint density at radius 3 is 2.81 bits per heavy atom. The van der Waals surface area contributed by atoms with Crippen LogP contribution < -0.4 is 0 Å². The van der Waals surface area contributed by atoms with Crippen molar-refractivity contribution >= 4 is 5.91 Å². The molecule has 0 unspecified atom stereocenters. The van der Waals surface area contributed by atoms with Gasteiger partial charge in [0.25, 0.3) is 5.91 Å². The predicted molar refractivity (Wildman–Crippen MR) is 108 cm³/mol. The van der Waals surface area contributed by atoms with Gasteiger partial charge in [0.2, 0.25) is 0 Å². The van der Waals surface area contributed by atoms with Gasteiger partial charge in [0.1, 0.15) is 0 Å². The molecule has 1 spiro atoms. The van der Waals surface area contributed by atoms with E-state index in [9.17, 15) is 4.79 Å². The fourth-order valence-corrected chi connectivity index (χ4v) is 5.25. The van der Waals surface area contributed by atoms with Crippen LogP contribution in [0.5, 0.6) is 0 Å². The molecule has 0 saturated carbocycles. The highest BCUT2D eigenvalue weighted by molar-refractivity contribution is 5.94. The molecule has 1 amide bonds. The van der Waals surface area contributed by atoms with Crippen LogP contribution in [-0.2, 0) is 4.74 Å². The summed E-state index contributed by atoms with van der Waals surface area (Å²) >= 11 is 0. The van der Waals surface area contributed by atoms with Crippen LogP contribution in [0.25, 0.3) is 0 Å². The van der Waals surface area contributed by atoms with Gasteiger partial charge in [0.05, 0.1) is 12.7 Å². The van der Waals surface area contributed by atoms with E-state index in [2.05, 4.69) is 11.8 Å². The lowest BCUT2D eigenvalue weighted by atomic mass is 9.76. The minimum atomic E-state index is 0.186. The standard InChI is InChI=1S/C23H34N2O2/c1-18-5-3-7-20(13-18)22(26)25-11-8-23(9-12-25)14-21(27-17-23)16-24-10-4-6-19(2)15-24/h3,5,7,13,19,21H,4,6,8-12,14-17H2,1-2H3/t19-,21+/m0/s1. The molecule has 4 heteroatoms. The van der Waals surface area contributed by atoms with Crippen LogP contribution in [-0.4, -0.2) is 61.1 Å². The molecule has 148 valence electrons. The van der Waals surface area contributed by atoms with E-state index >= 15 is 0 Å². The van der Waals surface area contributed by atoms with Gasteiger partial charge >= 0.3 is 0 Å². The van der Waals surface area contributed by atoms with Crippen molar-refractivity contribution in [3.05, 3.63) is 35.4 Å². The number of amides is 1. The molecule has 4 rings (SSSR count). The molecule has 0 radical (unpaired) electrons. The van der Waals surface area contributed by atoms with Crippen molar-refractivity contribution in [1.82, 2.24) is 9.80 Å². The Balaban J connectivity index is 1.29. The SMILES string of the molecule is Cc1cccc(C(=O)N2CCC3(CC2)CO[C@@H](CN2CCC[C@H](C)C2)C3)c1. The molecule has 3 fully saturated rings. The first-order valence-corrected chi connectivity index (χ1v) is 10.7. The second kappa shape index (κ2) is 7.92. The Morgan fingerprint density at radius 1 is 1.26 bits per heavy atom. The number of benzene rings is 1. The number of hydrogen-bond donors (Lipinski definition) is 0. The zero-order valence-electron chi connectivity index (χ0n) is 17.0. The van der Waals surface area contributed by atoms with Crippen molar-refractivity contribution < 1.29 is 9.53 Å². The minimum absolute atomic E-state index is 0.186. The van der Waals surface area contributed by atoms with Crippen LogP contribution in [0, 0.1) is 18.3 Å². The molecule has 0 aromatic heterocycles. The van der Waals surface area contributed by atoms with Crippen LogP contribution >= 0.6 is 0 Å². The van der Waals surface area contributed by atoms with Gasteiger partial charge < -0.3 is 14.5 Å². The van der Waals surface area contributed by atoms with Gasteiger partial charge in [-0.25, -0.2) is 0 Å². The molecule has 3 aliphatic heterocycles. The molecule has 4 nitrogen and oxygen atoms in total. The van der Waals surface area contributed by atoms with Crippen LogP contribution in [0.4, 0.5) is 0 Å². The van der Waals surface area contributed by atoms with Crippen molar-refractivity contribution in [1.29, 1.82) is 0 Å². The van der Waals surface area contributed by atoms with Gasteiger partial charge in [-0.05, 0) is 69.0 Å². The van der Waals surface area contributed by atoms with Gasteiger partial charge in [-0.1, -0.05) is 24.6 Å². The van der Waals surface area contributed by atoms with E-state index in [1.807, 2.05) is 36.1 Å². The van der Waals surface area contributed by atoms with Crippen molar-refractivity contribution in [3.8, 4) is 0 Å². The summed E-state index contributed by atoms with van der Waals surface area (Å²) in [6.45, 7) is 10.6. The monoisotopic (exact) mass is 370 g/mol. The van der Waals surface area contributed by atoms with Crippen LogP contribution in [0.1, 0.15) is 54.9 Å². The van der Waals surface area contributed by atoms with E-state index in [-0.39, 0.29) is 5.91 Å². The maximum atomic E-state index is 12.8. The summed E-state index contributed by atoms with van der Waals surface area (Å²) in [5, 5.41) is 0. The van der Waals surface area contributed by atoms with Crippen molar-refractivity contribution in [2.45, 2.75) is 52.1 Å². The summed E-state index contributed by atoms with van der Waals surface area (Å²) in [5.74, 6) is 1.01. The third-order valence-electron chi connectivity index (χ3n) is 6.87. The number of carbonyl (C=O) groups excluding carboxylic acids is 1. The lowest BCUT2D eigenvalue weighted by Crippen LogP contribution is -2.44. The summed E-state index contributed by atoms with van der Waals surface area (Å²) in [6, 6.07) is 7.96. The van der Waals surface area contributed by atoms with E-state index in [4.69, 9.17) is 4.74 Å². The number of aryl methyl sites for hydroxylation is 1. The highest BCUT2D eigenvalue weighted by Crippen LogP contribution is 2.42. The van der Waals surface area contributed by atoms with Crippen molar-refractivity contribution in [3.63, 3.8) is 0 Å². The average molecular weight is 371 g/mol. The zero-order chi connectivity index (χ0) is 18.9. The maximum Gasteiger partial charge on any atom is 0.253 e. The smallest absolute Gasteiger partial charge is 0.253 e. The number of hydrogen-bond acceptors (Lipinski definition) is 3. The van der Waals surface area contributed by atoms with Crippen LogP contribution in [0.2, 0.25) is 0 Å². The molecule has 27 heavy (non-hydrogen) atoms. The Labute approximate surface area is 163 Å². The molecule has 3 saturated heterocycles. The topological polar surface area (TPSA) is 32.8 Å². The number of carbonyl (C=O) groups is 1. The van der Waals surface area contributed by atoms with Crippen molar-refractivity contribution in [2.75, 3.05) is 39.3 Å². The van der Waals surface area contributed by atoms with E-state index in [1.165, 1.54) is 32.4 Å². The van der Waals surface area contributed by atoms with E-state index < -0.39 is 0 Å². The highest BCUT2D eigenvalue weighted by Gasteiger charge is 2.43. The molecule has 0 aliphatic carbocycles. The molecule has 3 aliphatic rings. The number of piperidine rings is 2. The van der Waals surface area contributed by atoms with Gasteiger partial charge in [0.15, 0.2) is 0 Å². The number of rotatable bonds is 3. The summed E-state index contributed by atoms with van der Waals surface area (Å²) in [7, 11) is 0. The number of likely N-dealkylation sites (tertiary alicyclic amines) is 2. The molecule has 3 heterocycles.